The van der Waals surface area contributed by atoms with Crippen molar-refractivity contribution in [3.63, 3.8) is 0 Å². The summed E-state index contributed by atoms with van der Waals surface area (Å²) in [5.41, 5.74) is 5.45. The molecule has 24 heavy (non-hydrogen) atoms. The number of hydrogen-bond acceptors (Lipinski definition) is 6. The highest BCUT2D eigenvalue weighted by Crippen LogP contribution is 2.06. The average molecular weight is 332 g/mol. The van der Waals surface area contributed by atoms with Gasteiger partial charge in [0.25, 0.3) is 0 Å². The van der Waals surface area contributed by atoms with E-state index in [9.17, 15) is 14.4 Å². The largest absolute Gasteiger partial charge is 0.502 e. The first-order valence-electron chi connectivity index (χ1n) is 7.03. The van der Waals surface area contributed by atoms with Gasteiger partial charge < -0.3 is 25.3 Å². The maximum absolute atomic E-state index is 11.8. The Morgan fingerprint density at radius 3 is 2.62 bits per heavy atom. The third-order valence-corrected chi connectivity index (χ3v) is 3.13. The number of aromatic hydroxyl groups is 1. The highest BCUT2D eigenvalue weighted by molar-refractivity contribution is 5.84. The first-order valence-corrected chi connectivity index (χ1v) is 7.03. The lowest BCUT2D eigenvalue weighted by Crippen LogP contribution is -2.46. The van der Waals surface area contributed by atoms with Crippen LogP contribution in [0.3, 0.4) is 0 Å². The van der Waals surface area contributed by atoms with Crippen molar-refractivity contribution < 1.29 is 23.8 Å². The Morgan fingerprint density at radius 2 is 2.00 bits per heavy atom. The zero-order valence-electron chi connectivity index (χ0n) is 12.6. The van der Waals surface area contributed by atoms with Crippen molar-refractivity contribution in [1.29, 1.82) is 0 Å². The number of primary amides is 1. The zero-order chi connectivity index (χ0) is 17.5. The SMILES string of the molecule is NC(=O)[C@H](Cc1ccccc1)NC(=O)OCc1cc(=O)c(O)co1. The zero-order valence-corrected chi connectivity index (χ0v) is 12.6. The first kappa shape index (κ1) is 17.1. The topological polar surface area (TPSA) is 132 Å². The Kier molecular flexibility index (Phi) is 5.56. The third kappa shape index (κ3) is 4.87. The van der Waals surface area contributed by atoms with Crippen molar-refractivity contribution in [2.45, 2.75) is 19.1 Å². The van der Waals surface area contributed by atoms with Gasteiger partial charge in [-0.25, -0.2) is 4.79 Å². The summed E-state index contributed by atoms with van der Waals surface area (Å²) in [6.45, 7) is -0.335. The summed E-state index contributed by atoms with van der Waals surface area (Å²) in [5.74, 6) is -1.20. The molecule has 2 amide bonds. The van der Waals surface area contributed by atoms with Crippen molar-refractivity contribution in [3.8, 4) is 5.75 Å². The van der Waals surface area contributed by atoms with Gasteiger partial charge in [-0.05, 0) is 5.56 Å². The van der Waals surface area contributed by atoms with Crippen LogP contribution in [0, 0.1) is 0 Å². The van der Waals surface area contributed by atoms with E-state index in [1.54, 1.807) is 24.3 Å². The molecule has 2 rings (SSSR count). The van der Waals surface area contributed by atoms with Crippen LogP contribution >= 0.6 is 0 Å². The van der Waals surface area contributed by atoms with Crippen LogP contribution in [-0.4, -0.2) is 23.1 Å². The molecule has 0 aliphatic heterocycles. The molecule has 0 aliphatic carbocycles. The van der Waals surface area contributed by atoms with E-state index in [-0.39, 0.29) is 18.8 Å². The molecule has 8 heteroatoms. The molecule has 0 bridgehead atoms. The van der Waals surface area contributed by atoms with E-state index in [0.717, 1.165) is 17.9 Å². The predicted octanol–water partition coefficient (Wildman–Crippen LogP) is 0.668. The Hall–Kier alpha value is -3.29. The first-order chi connectivity index (χ1) is 11.5. The molecule has 0 unspecified atom stereocenters. The van der Waals surface area contributed by atoms with E-state index in [1.165, 1.54) is 0 Å². The number of rotatable bonds is 6. The summed E-state index contributed by atoms with van der Waals surface area (Å²) in [5, 5.41) is 11.4. The Bertz CT molecular complexity index is 772. The summed E-state index contributed by atoms with van der Waals surface area (Å²) in [4.78, 5) is 34.5. The predicted molar refractivity (Wildman–Crippen MR) is 83.1 cm³/mol. The number of hydrogen-bond donors (Lipinski definition) is 3. The number of benzene rings is 1. The van der Waals surface area contributed by atoms with E-state index < -0.39 is 29.2 Å². The van der Waals surface area contributed by atoms with E-state index in [4.69, 9.17) is 20.0 Å². The number of nitrogens with one attached hydrogen (secondary N) is 1. The molecule has 4 N–H and O–H groups in total. The molecule has 1 aromatic heterocycles. The second-order valence-electron chi connectivity index (χ2n) is 4.96. The quantitative estimate of drug-likeness (QED) is 0.712. The summed E-state index contributed by atoms with van der Waals surface area (Å²) in [7, 11) is 0. The van der Waals surface area contributed by atoms with Crippen molar-refractivity contribution in [2.75, 3.05) is 0 Å². The normalized spacial score (nSPS) is 11.5. The Labute approximate surface area is 136 Å². The Balaban J connectivity index is 1.92. The smallest absolute Gasteiger partial charge is 0.408 e. The molecule has 1 heterocycles. The van der Waals surface area contributed by atoms with Crippen LogP contribution in [0.25, 0.3) is 0 Å². The monoisotopic (exact) mass is 332 g/mol. The molecule has 1 atom stereocenters. The summed E-state index contributed by atoms with van der Waals surface area (Å²) in [6, 6.07) is 9.10. The van der Waals surface area contributed by atoms with Gasteiger partial charge in [0.05, 0.1) is 0 Å². The maximum atomic E-state index is 11.8. The number of alkyl carbamates (subject to hydrolysis) is 1. The minimum atomic E-state index is -0.938. The van der Waals surface area contributed by atoms with Gasteiger partial charge in [-0.3, -0.25) is 9.59 Å². The van der Waals surface area contributed by atoms with Crippen LogP contribution in [0.5, 0.6) is 5.75 Å². The van der Waals surface area contributed by atoms with Crippen LogP contribution in [0.4, 0.5) is 4.79 Å². The minimum absolute atomic E-state index is 0.0478. The second kappa shape index (κ2) is 7.82. The van der Waals surface area contributed by atoms with Crippen molar-refractivity contribution in [3.05, 3.63) is 64.2 Å². The van der Waals surface area contributed by atoms with Gasteiger partial charge in [0.15, 0.2) is 12.4 Å². The summed E-state index contributed by atoms with van der Waals surface area (Å²) < 4.78 is 9.76. The van der Waals surface area contributed by atoms with Gasteiger partial charge in [0, 0.05) is 12.5 Å². The number of carbonyl (C=O) groups is 2. The second-order valence-corrected chi connectivity index (χ2v) is 4.96. The van der Waals surface area contributed by atoms with Gasteiger partial charge in [-0.2, -0.15) is 0 Å². The Morgan fingerprint density at radius 1 is 1.29 bits per heavy atom. The molecule has 2 aromatic rings. The molecular formula is C16H16N2O6. The maximum Gasteiger partial charge on any atom is 0.408 e. The van der Waals surface area contributed by atoms with Gasteiger partial charge in [-0.15, -0.1) is 0 Å². The van der Waals surface area contributed by atoms with Gasteiger partial charge >= 0.3 is 6.09 Å². The van der Waals surface area contributed by atoms with Crippen LogP contribution in [0.1, 0.15) is 11.3 Å². The van der Waals surface area contributed by atoms with Gasteiger partial charge in [-0.1, -0.05) is 30.3 Å². The van der Waals surface area contributed by atoms with Crippen LogP contribution < -0.4 is 16.5 Å². The van der Waals surface area contributed by atoms with Crippen LogP contribution in [0.2, 0.25) is 0 Å². The standard InChI is InChI=1S/C16H16N2O6/c17-15(21)12(6-10-4-2-1-3-5-10)18-16(22)24-8-11-7-13(19)14(20)9-23-11/h1-5,7,9,12,20H,6,8H2,(H2,17,21)(H,18,22)/t12-/m0/s1. The van der Waals surface area contributed by atoms with E-state index in [0.29, 0.717) is 0 Å². The number of amides is 2. The fourth-order valence-corrected chi connectivity index (χ4v) is 1.91. The molecule has 0 fully saturated rings. The molecule has 0 saturated heterocycles. The van der Waals surface area contributed by atoms with E-state index >= 15 is 0 Å². The van der Waals surface area contributed by atoms with Gasteiger partial charge in [0.2, 0.25) is 11.3 Å². The third-order valence-electron chi connectivity index (χ3n) is 3.13. The summed E-state index contributed by atoms with van der Waals surface area (Å²) in [6.07, 6.45) is 0.186. The van der Waals surface area contributed by atoms with Crippen LogP contribution in [-0.2, 0) is 22.6 Å². The lowest BCUT2D eigenvalue weighted by Gasteiger charge is -2.15. The molecule has 126 valence electrons. The molecule has 0 saturated carbocycles. The average Bonchev–Trinajstić information content (AvgIpc) is 2.56. The molecule has 0 spiro atoms. The molecule has 0 aliphatic rings. The van der Waals surface area contributed by atoms with Crippen molar-refractivity contribution in [1.82, 2.24) is 5.32 Å². The number of ether oxygens (including phenoxy) is 1. The highest BCUT2D eigenvalue weighted by atomic mass is 16.6. The molecule has 0 radical (unpaired) electrons. The van der Waals surface area contributed by atoms with E-state index in [2.05, 4.69) is 5.32 Å². The fourth-order valence-electron chi connectivity index (χ4n) is 1.91. The fraction of sp³-hybridized carbons (Fsp3) is 0.188. The van der Waals surface area contributed by atoms with Crippen LogP contribution in [0.15, 0.2) is 51.9 Å². The van der Waals surface area contributed by atoms with Crippen molar-refractivity contribution >= 4 is 12.0 Å². The molecule has 1 aromatic carbocycles. The summed E-state index contributed by atoms with van der Waals surface area (Å²) >= 11 is 0. The van der Waals surface area contributed by atoms with Gasteiger partial charge in [0.1, 0.15) is 18.1 Å². The van der Waals surface area contributed by atoms with E-state index in [1.807, 2.05) is 6.07 Å². The lowest BCUT2D eigenvalue weighted by molar-refractivity contribution is -0.119. The highest BCUT2D eigenvalue weighted by Gasteiger charge is 2.19. The number of nitrogens with two attached hydrogens (primary N) is 1. The van der Waals surface area contributed by atoms with Crippen molar-refractivity contribution in [2.24, 2.45) is 5.73 Å². The molecular weight excluding hydrogens is 316 g/mol. The minimum Gasteiger partial charge on any atom is -0.502 e. The lowest BCUT2D eigenvalue weighted by atomic mass is 10.1. The molecule has 8 nitrogen and oxygen atoms in total. The number of carbonyl (C=O) groups excluding carboxylic acids is 2.